The summed E-state index contributed by atoms with van der Waals surface area (Å²) in [5.41, 5.74) is 3.83. The van der Waals surface area contributed by atoms with Crippen LogP contribution in [0.1, 0.15) is 34.8 Å². The lowest BCUT2D eigenvalue weighted by molar-refractivity contribution is 0.566. The second kappa shape index (κ2) is 5.43. The molecule has 0 radical (unpaired) electrons. The molecule has 0 bridgehead atoms. The summed E-state index contributed by atoms with van der Waals surface area (Å²) < 4.78 is 0. The van der Waals surface area contributed by atoms with Crippen LogP contribution in [0.15, 0.2) is 29.6 Å². The minimum absolute atomic E-state index is 0.359. The fourth-order valence-electron chi connectivity index (χ4n) is 1.93. The molecule has 0 amide bonds. The van der Waals surface area contributed by atoms with E-state index in [0.29, 0.717) is 6.04 Å². The number of aromatic nitrogens is 1. The molecule has 0 fully saturated rings. The highest BCUT2D eigenvalue weighted by Gasteiger charge is 2.07. The molecule has 1 atom stereocenters. The molecule has 2 aromatic rings. The molecule has 0 unspecified atom stereocenters. The molecule has 1 aromatic carbocycles. The number of nitrogens with one attached hydrogen (secondary N) is 1. The third-order valence-corrected chi connectivity index (χ3v) is 3.73. The number of benzene rings is 1. The predicted octanol–water partition coefficient (Wildman–Crippen LogP) is 3.61. The van der Waals surface area contributed by atoms with Gasteiger partial charge in [-0.3, -0.25) is 0 Å². The summed E-state index contributed by atoms with van der Waals surface area (Å²) in [5.74, 6) is 0. The van der Waals surface area contributed by atoms with Gasteiger partial charge in [0.25, 0.3) is 0 Å². The van der Waals surface area contributed by atoms with Crippen LogP contribution in [-0.2, 0) is 6.54 Å². The largest absolute Gasteiger partial charge is 0.305 e. The lowest BCUT2D eigenvalue weighted by Crippen LogP contribution is -2.19. The van der Waals surface area contributed by atoms with Gasteiger partial charge in [-0.1, -0.05) is 24.3 Å². The third kappa shape index (κ3) is 3.14. The lowest BCUT2D eigenvalue weighted by atomic mass is 10.0. The summed E-state index contributed by atoms with van der Waals surface area (Å²) in [6, 6.07) is 8.86. The summed E-state index contributed by atoms with van der Waals surface area (Å²) in [4.78, 5) is 4.45. The quantitative estimate of drug-likeness (QED) is 0.891. The molecule has 2 nitrogen and oxygen atoms in total. The number of hydrogen-bond donors (Lipinski definition) is 1. The molecule has 0 aliphatic carbocycles. The minimum atomic E-state index is 0.359. The maximum atomic E-state index is 4.45. The Morgan fingerprint density at radius 1 is 1.29 bits per heavy atom. The van der Waals surface area contributed by atoms with E-state index in [1.54, 1.807) is 11.3 Å². The van der Waals surface area contributed by atoms with Gasteiger partial charge in [-0.25, -0.2) is 4.98 Å². The first-order valence-corrected chi connectivity index (χ1v) is 6.74. The van der Waals surface area contributed by atoms with Crippen LogP contribution in [0.5, 0.6) is 0 Å². The molecule has 90 valence electrons. The highest BCUT2D eigenvalue weighted by Crippen LogP contribution is 2.17. The van der Waals surface area contributed by atoms with Gasteiger partial charge in [0.05, 0.1) is 10.7 Å². The van der Waals surface area contributed by atoms with Gasteiger partial charge in [0.1, 0.15) is 0 Å². The second-order valence-corrected chi connectivity index (χ2v) is 5.38. The summed E-state index contributed by atoms with van der Waals surface area (Å²) in [5, 5.41) is 6.76. The van der Waals surface area contributed by atoms with Crippen molar-refractivity contribution in [2.75, 3.05) is 0 Å². The van der Waals surface area contributed by atoms with E-state index in [1.807, 2.05) is 6.92 Å². The number of aryl methyl sites for hydroxylation is 2. The molecule has 0 aliphatic rings. The van der Waals surface area contributed by atoms with Gasteiger partial charge in [-0.15, -0.1) is 11.3 Å². The van der Waals surface area contributed by atoms with Crippen LogP contribution in [0, 0.1) is 13.8 Å². The zero-order chi connectivity index (χ0) is 12.3. The summed E-state index contributed by atoms with van der Waals surface area (Å²) >= 11 is 1.70. The van der Waals surface area contributed by atoms with Crippen molar-refractivity contribution < 1.29 is 0 Å². The smallest absolute Gasteiger partial charge is 0.0897 e. The Balaban J connectivity index is 1.98. The molecule has 0 saturated carbocycles. The van der Waals surface area contributed by atoms with Crippen LogP contribution in [-0.4, -0.2) is 4.98 Å². The average molecular weight is 246 g/mol. The van der Waals surface area contributed by atoms with E-state index in [4.69, 9.17) is 0 Å². The SMILES string of the molecule is Cc1nc(CN[C@H](C)c2ccccc2C)cs1. The zero-order valence-electron chi connectivity index (χ0n) is 10.5. The van der Waals surface area contributed by atoms with Crippen molar-refractivity contribution in [1.29, 1.82) is 0 Å². The molecule has 0 saturated heterocycles. The van der Waals surface area contributed by atoms with Crippen molar-refractivity contribution in [1.82, 2.24) is 10.3 Å². The molecule has 0 aliphatic heterocycles. The Kier molecular flexibility index (Phi) is 3.92. The van der Waals surface area contributed by atoms with E-state index in [1.165, 1.54) is 11.1 Å². The van der Waals surface area contributed by atoms with Crippen LogP contribution >= 0.6 is 11.3 Å². The minimum Gasteiger partial charge on any atom is -0.305 e. The van der Waals surface area contributed by atoms with E-state index in [9.17, 15) is 0 Å². The van der Waals surface area contributed by atoms with Gasteiger partial charge in [0.2, 0.25) is 0 Å². The first kappa shape index (κ1) is 12.3. The molecule has 0 spiro atoms. The van der Waals surface area contributed by atoms with E-state index in [-0.39, 0.29) is 0 Å². The molecule has 1 aromatic heterocycles. The van der Waals surface area contributed by atoms with Crippen LogP contribution in [0.2, 0.25) is 0 Å². The van der Waals surface area contributed by atoms with Gasteiger partial charge in [-0.2, -0.15) is 0 Å². The normalized spacial score (nSPS) is 12.6. The van der Waals surface area contributed by atoms with Crippen molar-refractivity contribution >= 4 is 11.3 Å². The van der Waals surface area contributed by atoms with E-state index >= 15 is 0 Å². The Hall–Kier alpha value is -1.19. The highest BCUT2D eigenvalue weighted by atomic mass is 32.1. The lowest BCUT2D eigenvalue weighted by Gasteiger charge is -2.15. The summed E-state index contributed by atoms with van der Waals surface area (Å²) in [6.07, 6.45) is 0. The van der Waals surface area contributed by atoms with Gasteiger partial charge >= 0.3 is 0 Å². The highest BCUT2D eigenvalue weighted by molar-refractivity contribution is 7.09. The van der Waals surface area contributed by atoms with Crippen molar-refractivity contribution in [2.45, 2.75) is 33.4 Å². The number of thiazole rings is 1. The van der Waals surface area contributed by atoms with Crippen LogP contribution in [0.3, 0.4) is 0 Å². The van der Waals surface area contributed by atoms with Crippen molar-refractivity contribution in [3.8, 4) is 0 Å². The van der Waals surface area contributed by atoms with Gasteiger partial charge < -0.3 is 5.32 Å². The Morgan fingerprint density at radius 3 is 2.71 bits per heavy atom. The second-order valence-electron chi connectivity index (χ2n) is 4.32. The third-order valence-electron chi connectivity index (χ3n) is 2.91. The molecule has 3 heteroatoms. The van der Waals surface area contributed by atoms with Gasteiger partial charge in [0, 0.05) is 18.0 Å². The van der Waals surface area contributed by atoms with E-state index in [2.05, 4.69) is 53.8 Å². The van der Waals surface area contributed by atoms with E-state index in [0.717, 1.165) is 17.2 Å². The number of rotatable bonds is 4. The fraction of sp³-hybridized carbons (Fsp3) is 0.357. The topological polar surface area (TPSA) is 24.9 Å². The Bertz CT molecular complexity index is 490. The van der Waals surface area contributed by atoms with E-state index < -0.39 is 0 Å². The molecule has 1 heterocycles. The van der Waals surface area contributed by atoms with Crippen LogP contribution in [0.4, 0.5) is 0 Å². The van der Waals surface area contributed by atoms with Crippen molar-refractivity contribution in [2.24, 2.45) is 0 Å². The molecule has 2 rings (SSSR count). The maximum absolute atomic E-state index is 4.45. The van der Waals surface area contributed by atoms with Gasteiger partial charge in [0.15, 0.2) is 0 Å². The Labute approximate surface area is 107 Å². The maximum Gasteiger partial charge on any atom is 0.0897 e. The summed E-state index contributed by atoms with van der Waals surface area (Å²) in [6.45, 7) is 7.22. The van der Waals surface area contributed by atoms with Crippen LogP contribution in [0.25, 0.3) is 0 Å². The standard InChI is InChI=1S/C14H18N2S/c1-10-6-4-5-7-14(10)11(2)15-8-13-9-17-12(3)16-13/h4-7,9,11,15H,8H2,1-3H3/t11-/m1/s1. The van der Waals surface area contributed by atoms with Gasteiger partial charge in [-0.05, 0) is 31.9 Å². The first-order chi connectivity index (χ1) is 8.16. The fourth-order valence-corrected chi connectivity index (χ4v) is 2.54. The molecular formula is C14H18N2S. The number of hydrogen-bond acceptors (Lipinski definition) is 3. The monoisotopic (exact) mass is 246 g/mol. The number of nitrogens with zero attached hydrogens (tertiary/aromatic N) is 1. The first-order valence-electron chi connectivity index (χ1n) is 5.86. The Morgan fingerprint density at radius 2 is 2.06 bits per heavy atom. The summed E-state index contributed by atoms with van der Waals surface area (Å²) in [7, 11) is 0. The zero-order valence-corrected chi connectivity index (χ0v) is 11.3. The molecule has 1 N–H and O–H groups in total. The average Bonchev–Trinajstić information content (AvgIpc) is 2.73. The van der Waals surface area contributed by atoms with Crippen molar-refractivity contribution in [3.05, 3.63) is 51.5 Å². The predicted molar refractivity (Wildman–Crippen MR) is 73.3 cm³/mol. The molecule has 17 heavy (non-hydrogen) atoms. The van der Waals surface area contributed by atoms with Crippen LogP contribution < -0.4 is 5.32 Å². The molecular weight excluding hydrogens is 228 g/mol. The van der Waals surface area contributed by atoms with Crippen molar-refractivity contribution in [3.63, 3.8) is 0 Å².